The first-order valence-electron chi connectivity index (χ1n) is 15.0. The fourth-order valence-corrected chi connectivity index (χ4v) is 6.48. The number of rotatable bonds is 6. The van der Waals surface area contributed by atoms with Crippen LogP contribution in [0.1, 0.15) is 16.7 Å². The number of aliphatic hydroxyl groups is 1. The van der Waals surface area contributed by atoms with Gasteiger partial charge in [0.15, 0.2) is 0 Å². The van der Waals surface area contributed by atoms with Gasteiger partial charge in [-0.05, 0) is 96.1 Å². The minimum absolute atomic E-state index is 0.129. The number of ether oxygens (including phenoxy) is 1. The zero-order valence-corrected chi connectivity index (χ0v) is 30.0. The fourth-order valence-electron chi connectivity index (χ4n) is 5.43. The number of carbonyl (C=O) groups is 1. The molecule has 5 aromatic rings. The molecule has 0 unspecified atom stereocenters. The Morgan fingerprint density at radius 2 is 1.16 bits per heavy atom. The molecule has 4 nitrogen and oxygen atoms in total. The van der Waals surface area contributed by atoms with Crippen LogP contribution >= 0.6 is 69.6 Å². The van der Waals surface area contributed by atoms with Crippen molar-refractivity contribution in [2.24, 2.45) is 0 Å². The smallest absolute Gasteiger partial charge is 0.362 e. The van der Waals surface area contributed by atoms with Gasteiger partial charge in [-0.25, -0.2) is 4.42 Å². The molecule has 4 aromatic carbocycles. The van der Waals surface area contributed by atoms with Gasteiger partial charge in [0.05, 0.1) is 64.5 Å². The Morgan fingerprint density at radius 1 is 0.580 bits per heavy atom. The van der Waals surface area contributed by atoms with Crippen LogP contribution < -0.4 is 0 Å². The predicted octanol–water partition coefficient (Wildman–Crippen LogP) is 13.6. The minimum atomic E-state index is -0.352. The molecule has 1 aliphatic heterocycles. The van der Waals surface area contributed by atoms with Crippen LogP contribution in [0.2, 0.25) is 30.1 Å². The summed E-state index contributed by atoms with van der Waals surface area (Å²) in [6, 6.07) is 28.2. The molecule has 0 saturated heterocycles. The number of hydrogen-bond donors (Lipinski definition) is 1. The Hall–Kier alpha value is -4.26. The Kier molecular flexibility index (Phi) is 9.69. The lowest BCUT2D eigenvalue weighted by Gasteiger charge is -2.22. The lowest BCUT2D eigenvalue weighted by atomic mass is 9.85. The van der Waals surface area contributed by atoms with E-state index in [0.29, 0.717) is 86.6 Å². The SMILES string of the molecule is O=C1C(=Cc2cc(-c3ccc(Cl)c(Cl)c3)[o+]c(-c3ccccc3Cl)c2)C(O)=C1C=C1C=C(c2ccc(Cl)c(Cl)c2)OC(c2ccccc2Cl)=C1. The molecule has 2 heterocycles. The van der Waals surface area contributed by atoms with Gasteiger partial charge >= 0.3 is 11.5 Å². The Bertz CT molecular complexity index is 2400. The van der Waals surface area contributed by atoms with E-state index in [2.05, 4.69) is 0 Å². The third-order valence-corrected chi connectivity index (χ3v) is 10.1. The molecule has 0 atom stereocenters. The number of halogens is 6. The summed E-state index contributed by atoms with van der Waals surface area (Å²) in [7, 11) is 0. The van der Waals surface area contributed by atoms with E-state index in [-0.39, 0.29) is 22.7 Å². The normalized spacial score (nSPS) is 15.9. The van der Waals surface area contributed by atoms with Gasteiger partial charge in [0.1, 0.15) is 17.3 Å². The summed E-state index contributed by atoms with van der Waals surface area (Å²) in [5.41, 5.74) is 4.03. The molecule has 1 N–H and O–H groups in total. The standard InChI is InChI=1S/C40H20Cl6O4/c41-29-7-3-1-5-25(29)37-17-21(15-35(49-37)23-9-11-31(43)33(45)19-23)13-27-39(47)28(40(27)48)14-22-16-36(24-10-12-32(44)34(46)20-24)50-38(18-22)26-6-2-4-8-30(26)42/h1-20H/p+1. The molecule has 246 valence electrons. The van der Waals surface area contributed by atoms with Gasteiger partial charge in [-0.2, -0.15) is 0 Å². The van der Waals surface area contributed by atoms with Crippen molar-refractivity contribution in [2.75, 3.05) is 0 Å². The van der Waals surface area contributed by atoms with Crippen LogP contribution in [0.25, 0.3) is 40.2 Å². The molecule has 2 aliphatic rings. The second-order valence-electron chi connectivity index (χ2n) is 11.2. The van der Waals surface area contributed by atoms with Crippen LogP contribution in [0.3, 0.4) is 0 Å². The van der Waals surface area contributed by atoms with Crippen molar-refractivity contribution < 1.29 is 19.1 Å². The molecule has 10 heteroatoms. The third kappa shape index (κ3) is 6.88. The summed E-state index contributed by atoms with van der Waals surface area (Å²) in [6.45, 7) is 0. The van der Waals surface area contributed by atoms with Gasteiger partial charge in [-0.1, -0.05) is 93.9 Å². The Morgan fingerprint density at radius 3 is 1.80 bits per heavy atom. The molecule has 1 aliphatic carbocycles. The molecular weight excluding hydrogens is 757 g/mol. The lowest BCUT2D eigenvalue weighted by molar-refractivity contribution is -0.113. The maximum Gasteiger partial charge on any atom is 0.362 e. The van der Waals surface area contributed by atoms with Crippen LogP contribution in [-0.4, -0.2) is 10.9 Å². The van der Waals surface area contributed by atoms with Crippen molar-refractivity contribution in [1.82, 2.24) is 0 Å². The van der Waals surface area contributed by atoms with Crippen LogP contribution in [0, 0.1) is 0 Å². The average Bonchev–Trinajstić information content (AvgIpc) is 3.12. The van der Waals surface area contributed by atoms with E-state index in [1.807, 2.05) is 36.4 Å². The quantitative estimate of drug-likeness (QED) is 0.138. The first-order chi connectivity index (χ1) is 24.0. The number of ketones is 1. The summed E-state index contributed by atoms with van der Waals surface area (Å²) >= 11 is 38.0. The van der Waals surface area contributed by atoms with E-state index < -0.39 is 0 Å². The summed E-state index contributed by atoms with van der Waals surface area (Å²) in [6.07, 6.45) is 6.69. The highest BCUT2D eigenvalue weighted by Gasteiger charge is 2.33. The van der Waals surface area contributed by atoms with Crippen molar-refractivity contribution in [2.45, 2.75) is 0 Å². The van der Waals surface area contributed by atoms with E-state index >= 15 is 0 Å². The number of aliphatic hydroxyl groups excluding tert-OH is 1. The van der Waals surface area contributed by atoms with Crippen LogP contribution in [0.15, 0.2) is 142 Å². The molecule has 0 saturated carbocycles. The number of hydrogen-bond acceptors (Lipinski definition) is 3. The van der Waals surface area contributed by atoms with Crippen LogP contribution in [0.5, 0.6) is 0 Å². The number of Topliss-reactive ketones (excluding diaryl/α,β-unsaturated/α-hetero) is 1. The van der Waals surface area contributed by atoms with Crippen LogP contribution in [-0.2, 0) is 9.53 Å². The molecule has 0 spiro atoms. The van der Waals surface area contributed by atoms with Crippen molar-refractivity contribution in [3.05, 3.63) is 185 Å². The van der Waals surface area contributed by atoms with Crippen molar-refractivity contribution >= 4 is 93.0 Å². The maximum absolute atomic E-state index is 13.6. The topological polar surface area (TPSA) is 57.8 Å². The number of benzene rings is 4. The highest BCUT2D eigenvalue weighted by molar-refractivity contribution is 6.42. The van der Waals surface area contributed by atoms with E-state index in [0.717, 1.165) is 0 Å². The fraction of sp³-hybridized carbons (Fsp3) is 0. The monoisotopic (exact) mass is 775 g/mol. The molecule has 50 heavy (non-hydrogen) atoms. The lowest BCUT2D eigenvalue weighted by Crippen LogP contribution is -2.21. The second-order valence-corrected chi connectivity index (χ2v) is 13.7. The van der Waals surface area contributed by atoms with Crippen molar-refractivity contribution in [3.8, 4) is 22.6 Å². The molecular formula is C40H21Cl6O4+. The van der Waals surface area contributed by atoms with Crippen molar-refractivity contribution in [1.29, 1.82) is 0 Å². The summed E-state index contributed by atoms with van der Waals surface area (Å²) < 4.78 is 12.5. The second kappa shape index (κ2) is 14.2. The molecule has 1 aromatic heterocycles. The van der Waals surface area contributed by atoms with Gasteiger partial charge in [-0.15, -0.1) is 0 Å². The zero-order valence-electron chi connectivity index (χ0n) is 25.5. The summed E-state index contributed by atoms with van der Waals surface area (Å²) in [4.78, 5) is 13.6. The average molecular weight is 778 g/mol. The van der Waals surface area contributed by atoms with Gasteiger partial charge in [-0.3, -0.25) is 4.79 Å². The largest absolute Gasteiger partial charge is 0.506 e. The highest BCUT2D eigenvalue weighted by Crippen LogP contribution is 2.40. The number of allylic oxidation sites excluding steroid dienone is 6. The van der Waals surface area contributed by atoms with E-state index in [9.17, 15) is 9.90 Å². The van der Waals surface area contributed by atoms with Gasteiger partial charge in [0, 0.05) is 11.1 Å². The third-order valence-electron chi connectivity index (χ3n) is 7.94. The van der Waals surface area contributed by atoms with E-state index in [1.54, 1.807) is 85.0 Å². The van der Waals surface area contributed by atoms with Gasteiger partial charge in [0.2, 0.25) is 5.78 Å². The van der Waals surface area contributed by atoms with Crippen molar-refractivity contribution in [3.63, 3.8) is 0 Å². The van der Waals surface area contributed by atoms with Gasteiger partial charge < -0.3 is 9.84 Å². The molecule has 0 radical (unpaired) electrons. The van der Waals surface area contributed by atoms with Crippen LogP contribution in [0.4, 0.5) is 0 Å². The Balaban J connectivity index is 1.31. The first-order valence-corrected chi connectivity index (χ1v) is 17.2. The maximum atomic E-state index is 13.6. The molecule has 7 rings (SSSR count). The Labute approximate surface area is 317 Å². The molecule has 0 bridgehead atoms. The van der Waals surface area contributed by atoms with E-state index in [4.69, 9.17) is 78.8 Å². The van der Waals surface area contributed by atoms with Gasteiger partial charge in [0.25, 0.3) is 0 Å². The highest BCUT2D eigenvalue weighted by atomic mass is 35.5. The zero-order chi connectivity index (χ0) is 35.1. The molecule has 0 fully saturated rings. The molecule has 0 amide bonds. The summed E-state index contributed by atoms with van der Waals surface area (Å²) in [5, 5.41) is 13.7. The number of carbonyl (C=O) groups excluding carboxylic acids is 1. The predicted molar refractivity (Wildman–Crippen MR) is 205 cm³/mol. The minimum Gasteiger partial charge on any atom is -0.506 e. The summed E-state index contributed by atoms with van der Waals surface area (Å²) in [5.74, 6) is 1.28. The first kappa shape index (κ1) is 34.2. The van der Waals surface area contributed by atoms with E-state index in [1.165, 1.54) is 0 Å².